The van der Waals surface area contributed by atoms with E-state index in [2.05, 4.69) is 15.4 Å². The van der Waals surface area contributed by atoms with E-state index in [1.807, 2.05) is 18.7 Å². The third-order valence-electron chi connectivity index (χ3n) is 3.43. The summed E-state index contributed by atoms with van der Waals surface area (Å²) in [5.74, 6) is 3.11. The van der Waals surface area contributed by atoms with E-state index in [4.69, 9.17) is 5.73 Å². The van der Waals surface area contributed by atoms with E-state index in [1.54, 1.807) is 0 Å². The van der Waals surface area contributed by atoms with E-state index < -0.39 is 0 Å². The summed E-state index contributed by atoms with van der Waals surface area (Å²) in [4.78, 5) is 4.44. The van der Waals surface area contributed by atoms with Gasteiger partial charge in [0.15, 0.2) is 0 Å². The van der Waals surface area contributed by atoms with Gasteiger partial charge in [0.05, 0.1) is 6.04 Å². The molecule has 1 saturated heterocycles. The fraction of sp³-hybridized carbons (Fsp3) is 0.778. The molecule has 0 radical (unpaired) electrons. The van der Waals surface area contributed by atoms with Gasteiger partial charge in [0.2, 0.25) is 0 Å². The third kappa shape index (κ3) is 0.965. The van der Waals surface area contributed by atoms with Crippen molar-refractivity contribution in [3.05, 3.63) is 11.6 Å². The first-order valence-electron chi connectivity index (χ1n) is 5.05. The number of piperidine rings is 1. The molecule has 3 rings (SSSR count). The molecule has 5 heteroatoms. The zero-order valence-corrected chi connectivity index (χ0v) is 8.44. The van der Waals surface area contributed by atoms with Crippen LogP contribution in [0, 0.1) is 18.8 Å². The van der Waals surface area contributed by atoms with Crippen molar-refractivity contribution in [3.63, 3.8) is 0 Å². The van der Waals surface area contributed by atoms with Gasteiger partial charge in [0.1, 0.15) is 11.6 Å². The summed E-state index contributed by atoms with van der Waals surface area (Å²) in [6.07, 6.45) is 0. The van der Waals surface area contributed by atoms with Crippen molar-refractivity contribution in [1.82, 2.24) is 20.1 Å². The lowest BCUT2D eigenvalue weighted by Gasteiger charge is -2.12. The molecule has 2 aliphatic rings. The molecular weight excluding hydrogens is 178 g/mol. The number of hydrogen-bond acceptors (Lipinski definition) is 4. The molecule has 4 unspecified atom stereocenters. The molecule has 1 saturated carbocycles. The highest BCUT2D eigenvalue weighted by Gasteiger charge is 2.57. The van der Waals surface area contributed by atoms with Crippen molar-refractivity contribution in [2.24, 2.45) is 24.6 Å². The van der Waals surface area contributed by atoms with Crippen molar-refractivity contribution in [3.8, 4) is 0 Å². The van der Waals surface area contributed by atoms with Crippen molar-refractivity contribution < 1.29 is 0 Å². The quantitative estimate of drug-likeness (QED) is 0.621. The smallest absolute Gasteiger partial charge is 0.147 e. The lowest BCUT2D eigenvalue weighted by molar-refractivity contribution is 0.486. The van der Waals surface area contributed by atoms with Crippen molar-refractivity contribution >= 4 is 0 Å². The van der Waals surface area contributed by atoms with Crippen LogP contribution >= 0.6 is 0 Å². The molecule has 2 heterocycles. The van der Waals surface area contributed by atoms with Gasteiger partial charge in [-0.2, -0.15) is 5.10 Å². The summed E-state index contributed by atoms with van der Waals surface area (Å²) < 4.78 is 1.86. The first-order chi connectivity index (χ1) is 6.68. The Morgan fingerprint density at radius 2 is 2.36 bits per heavy atom. The number of hydrogen-bond donors (Lipinski definition) is 2. The SMILES string of the molecule is Cc1nc(C2NCC3C(N)C23)n(C)n1. The van der Waals surface area contributed by atoms with Gasteiger partial charge in [0, 0.05) is 25.6 Å². The molecule has 0 bridgehead atoms. The molecule has 1 aromatic heterocycles. The highest BCUT2D eigenvalue weighted by atomic mass is 15.3. The molecule has 1 aromatic rings. The zero-order valence-electron chi connectivity index (χ0n) is 8.44. The Kier molecular flexibility index (Phi) is 1.52. The number of nitrogens with zero attached hydrogens (tertiary/aromatic N) is 3. The van der Waals surface area contributed by atoms with Gasteiger partial charge in [-0.15, -0.1) is 0 Å². The first kappa shape index (κ1) is 8.38. The molecule has 0 aromatic carbocycles. The second-order valence-electron chi connectivity index (χ2n) is 4.35. The van der Waals surface area contributed by atoms with Crippen LogP contribution in [-0.4, -0.2) is 27.4 Å². The summed E-state index contributed by atoms with van der Waals surface area (Å²) in [5, 5.41) is 7.71. The van der Waals surface area contributed by atoms with Gasteiger partial charge in [0.25, 0.3) is 0 Å². The topological polar surface area (TPSA) is 68.8 Å². The van der Waals surface area contributed by atoms with Crippen molar-refractivity contribution in [1.29, 1.82) is 0 Å². The second-order valence-corrected chi connectivity index (χ2v) is 4.35. The van der Waals surface area contributed by atoms with Crippen LogP contribution in [0.4, 0.5) is 0 Å². The van der Waals surface area contributed by atoms with Crippen LogP contribution in [0.3, 0.4) is 0 Å². The molecule has 4 atom stereocenters. The Bertz CT molecular complexity index is 371. The average molecular weight is 193 g/mol. The van der Waals surface area contributed by atoms with Gasteiger partial charge in [-0.05, 0) is 12.8 Å². The normalized spacial score (nSPS) is 39.9. The molecule has 14 heavy (non-hydrogen) atoms. The van der Waals surface area contributed by atoms with Crippen LogP contribution in [0.15, 0.2) is 0 Å². The zero-order chi connectivity index (χ0) is 9.87. The first-order valence-corrected chi connectivity index (χ1v) is 5.05. The summed E-state index contributed by atoms with van der Waals surface area (Å²) >= 11 is 0. The lowest BCUT2D eigenvalue weighted by Crippen LogP contribution is -2.27. The number of rotatable bonds is 1. The minimum Gasteiger partial charge on any atom is -0.327 e. The third-order valence-corrected chi connectivity index (χ3v) is 3.43. The van der Waals surface area contributed by atoms with E-state index in [-0.39, 0.29) is 0 Å². The summed E-state index contributed by atoms with van der Waals surface area (Å²) in [6.45, 7) is 2.95. The Morgan fingerprint density at radius 1 is 1.57 bits per heavy atom. The fourth-order valence-electron chi connectivity index (χ4n) is 2.63. The Morgan fingerprint density at radius 3 is 2.86 bits per heavy atom. The Labute approximate surface area is 82.7 Å². The molecule has 3 N–H and O–H groups in total. The van der Waals surface area contributed by atoms with Crippen LogP contribution in [0.5, 0.6) is 0 Å². The molecule has 2 fully saturated rings. The number of fused-ring (bicyclic) bond motifs is 1. The molecular formula is C9H15N5. The van der Waals surface area contributed by atoms with E-state index in [9.17, 15) is 0 Å². The molecule has 0 amide bonds. The molecule has 0 spiro atoms. The summed E-state index contributed by atoms with van der Waals surface area (Å²) in [7, 11) is 1.94. The van der Waals surface area contributed by atoms with Gasteiger partial charge in [-0.25, -0.2) is 4.98 Å². The maximum atomic E-state index is 5.96. The van der Waals surface area contributed by atoms with Crippen LogP contribution < -0.4 is 11.1 Å². The van der Waals surface area contributed by atoms with Gasteiger partial charge in [-0.1, -0.05) is 0 Å². The number of aryl methyl sites for hydroxylation is 2. The van der Waals surface area contributed by atoms with Gasteiger partial charge in [-0.3, -0.25) is 4.68 Å². The minimum atomic E-state index is 0.321. The average Bonchev–Trinajstić information content (AvgIpc) is 2.52. The molecule has 76 valence electrons. The summed E-state index contributed by atoms with van der Waals surface area (Å²) in [5.41, 5.74) is 5.96. The van der Waals surface area contributed by atoms with Gasteiger partial charge < -0.3 is 11.1 Å². The van der Waals surface area contributed by atoms with Crippen LogP contribution in [0.1, 0.15) is 17.7 Å². The Balaban J connectivity index is 1.92. The second kappa shape index (κ2) is 2.55. The highest BCUT2D eigenvalue weighted by Crippen LogP contribution is 2.49. The molecule has 1 aliphatic heterocycles. The predicted octanol–water partition coefficient (Wildman–Crippen LogP) is -0.659. The number of aromatic nitrogens is 3. The van der Waals surface area contributed by atoms with E-state index in [0.29, 0.717) is 23.9 Å². The van der Waals surface area contributed by atoms with E-state index in [1.165, 1.54) is 0 Å². The largest absolute Gasteiger partial charge is 0.327 e. The minimum absolute atomic E-state index is 0.321. The predicted molar refractivity (Wildman–Crippen MR) is 51.4 cm³/mol. The van der Waals surface area contributed by atoms with E-state index >= 15 is 0 Å². The fourth-order valence-corrected chi connectivity index (χ4v) is 2.63. The lowest BCUT2D eigenvalue weighted by atomic mass is 10.2. The number of nitrogens with two attached hydrogens (primary N) is 1. The van der Waals surface area contributed by atoms with Crippen LogP contribution in [0.25, 0.3) is 0 Å². The monoisotopic (exact) mass is 193 g/mol. The summed E-state index contributed by atoms with van der Waals surface area (Å²) in [6, 6.07) is 0.694. The van der Waals surface area contributed by atoms with Gasteiger partial charge >= 0.3 is 0 Å². The van der Waals surface area contributed by atoms with Crippen LogP contribution in [-0.2, 0) is 7.05 Å². The number of nitrogens with one attached hydrogen (secondary N) is 1. The van der Waals surface area contributed by atoms with Crippen molar-refractivity contribution in [2.45, 2.75) is 19.0 Å². The maximum absolute atomic E-state index is 5.96. The van der Waals surface area contributed by atoms with E-state index in [0.717, 1.165) is 18.2 Å². The van der Waals surface area contributed by atoms with Crippen LogP contribution in [0.2, 0.25) is 0 Å². The maximum Gasteiger partial charge on any atom is 0.147 e. The highest BCUT2D eigenvalue weighted by molar-refractivity contribution is 5.18. The molecule has 1 aliphatic carbocycles. The molecule has 5 nitrogen and oxygen atoms in total. The van der Waals surface area contributed by atoms with Crippen molar-refractivity contribution in [2.75, 3.05) is 6.54 Å². The standard InChI is InChI=1S/C9H15N5/c1-4-12-9(14(2)13-4)8-6-5(3-11-8)7(6)10/h5-8,11H,3,10H2,1-2H3. The Hall–Kier alpha value is -0.940.